The first-order chi connectivity index (χ1) is 10.1. The number of benzene rings is 2. The average molecular weight is 303 g/mol. The summed E-state index contributed by atoms with van der Waals surface area (Å²) in [6, 6.07) is 14.1. The molecule has 0 aliphatic rings. The van der Waals surface area contributed by atoms with Gasteiger partial charge in [0, 0.05) is 12.0 Å². The van der Waals surface area contributed by atoms with Crippen molar-refractivity contribution >= 4 is 29.0 Å². The lowest BCUT2D eigenvalue weighted by molar-refractivity contribution is -0.306. The van der Waals surface area contributed by atoms with Crippen molar-refractivity contribution in [3.8, 4) is 0 Å². The summed E-state index contributed by atoms with van der Waals surface area (Å²) in [6.07, 6.45) is -0.211. The Labute approximate surface area is 127 Å². The Kier molecular flexibility index (Phi) is 4.95. The van der Waals surface area contributed by atoms with Gasteiger partial charge < -0.3 is 15.2 Å². The van der Waals surface area contributed by atoms with Crippen molar-refractivity contribution < 1.29 is 14.7 Å². The Morgan fingerprint density at radius 3 is 2.29 bits per heavy atom. The molecule has 5 heteroatoms. The van der Waals surface area contributed by atoms with Gasteiger partial charge in [-0.25, -0.2) is 0 Å². The number of nitrogens with one attached hydrogen (secondary N) is 1. The summed E-state index contributed by atoms with van der Waals surface area (Å²) < 4.78 is 0. The fraction of sp³-hybridized carbons (Fsp3) is 0.125. The van der Waals surface area contributed by atoms with E-state index in [-0.39, 0.29) is 12.2 Å². The van der Waals surface area contributed by atoms with Gasteiger partial charge in [-0.3, -0.25) is 4.79 Å². The minimum Gasteiger partial charge on any atom is -0.548 e. The molecule has 0 amide bonds. The van der Waals surface area contributed by atoms with E-state index in [4.69, 9.17) is 11.6 Å². The van der Waals surface area contributed by atoms with Gasteiger partial charge in [-0.2, -0.15) is 0 Å². The van der Waals surface area contributed by atoms with Crippen LogP contribution in [0.2, 0.25) is 5.02 Å². The molecule has 0 aliphatic heterocycles. The third-order valence-electron chi connectivity index (χ3n) is 2.97. The standard InChI is InChI=1S/C16H14ClNO3/c17-12-8-4-5-9-13(12)18-14(16(20)21)10-15(19)11-6-2-1-3-7-11/h1-9,14,18H,10H2,(H,20,21)/p-1/t14-/m0/s1. The lowest BCUT2D eigenvalue weighted by Crippen LogP contribution is -2.42. The Bertz CT molecular complexity index is 643. The van der Waals surface area contributed by atoms with Gasteiger partial charge in [0.2, 0.25) is 0 Å². The van der Waals surface area contributed by atoms with Gasteiger partial charge in [0.1, 0.15) is 0 Å². The van der Waals surface area contributed by atoms with Crippen molar-refractivity contribution in [1.29, 1.82) is 0 Å². The highest BCUT2D eigenvalue weighted by atomic mass is 35.5. The van der Waals surface area contributed by atoms with Gasteiger partial charge in [-0.1, -0.05) is 54.1 Å². The maximum Gasteiger partial charge on any atom is 0.165 e. The summed E-state index contributed by atoms with van der Waals surface area (Å²) in [4.78, 5) is 23.3. The number of halogens is 1. The summed E-state index contributed by atoms with van der Waals surface area (Å²) in [5.74, 6) is -1.62. The van der Waals surface area contributed by atoms with Crippen LogP contribution < -0.4 is 10.4 Å². The lowest BCUT2D eigenvalue weighted by atomic mass is 10.0. The third-order valence-corrected chi connectivity index (χ3v) is 3.30. The van der Waals surface area contributed by atoms with E-state index in [1.54, 1.807) is 54.6 Å². The molecule has 1 atom stereocenters. The van der Waals surface area contributed by atoms with E-state index in [0.29, 0.717) is 16.3 Å². The smallest absolute Gasteiger partial charge is 0.165 e. The Morgan fingerprint density at radius 1 is 1.05 bits per heavy atom. The van der Waals surface area contributed by atoms with Crippen LogP contribution in [0.5, 0.6) is 0 Å². The second-order valence-electron chi connectivity index (χ2n) is 4.49. The molecule has 0 unspecified atom stereocenters. The highest BCUT2D eigenvalue weighted by Gasteiger charge is 2.17. The molecule has 0 spiro atoms. The molecule has 0 heterocycles. The predicted octanol–water partition coefficient (Wildman–Crippen LogP) is 2.14. The zero-order valence-electron chi connectivity index (χ0n) is 11.1. The molecule has 108 valence electrons. The molecule has 0 saturated carbocycles. The maximum atomic E-state index is 12.1. The first kappa shape index (κ1) is 15.1. The molecule has 0 aromatic heterocycles. The van der Waals surface area contributed by atoms with Gasteiger partial charge in [-0.15, -0.1) is 0 Å². The van der Waals surface area contributed by atoms with E-state index in [1.807, 2.05) is 0 Å². The van der Waals surface area contributed by atoms with Crippen LogP contribution in [0.15, 0.2) is 54.6 Å². The van der Waals surface area contributed by atoms with E-state index in [2.05, 4.69) is 5.32 Å². The number of carboxylic acids is 1. The van der Waals surface area contributed by atoms with Gasteiger partial charge >= 0.3 is 0 Å². The van der Waals surface area contributed by atoms with Crippen LogP contribution in [0, 0.1) is 0 Å². The molecule has 1 N–H and O–H groups in total. The Balaban J connectivity index is 2.12. The summed E-state index contributed by atoms with van der Waals surface area (Å²) in [5, 5.41) is 14.3. The number of Topliss-reactive ketones (excluding diaryl/α,β-unsaturated/α-hetero) is 1. The average Bonchev–Trinajstić information content (AvgIpc) is 2.49. The van der Waals surface area contributed by atoms with Crippen molar-refractivity contribution in [2.24, 2.45) is 0 Å². The Hall–Kier alpha value is -2.33. The minimum absolute atomic E-state index is 0.211. The lowest BCUT2D eigenvalue weighted by Gasteiger charge is -2.21. The van der Waals surface area contributed by atoms with Crippen molar-refractivity contribution in [2.75, 3.05) is 5.32 Å². The molecule has 4 nitrogen and oxygen atoms in total. The van der Waals surface area contributed by atoms with Gasteiger partial charge in [0.25, 0.3) is 0 Å². The summed E-state index contributed by atoms with van der Waals surface area (Å²) >= 11 is 5.97. The van der Waals surface area contributed by atoms with Crippen LogP contribution in [0.4, 0.5) is 5.69 Å². The van der Waals surface area contributed by atoms with Crippen molar-refractivity contribution in [1.82, 2.24) is 0 Å². The Morgan fingerprint density at radius 2 is 1.67 bits per heavy atom. The molecular formula is C16H13ClNO3-. The van der Waals surface area contributed by atoms with Crippen molar-refractivity contribution in [2.45, 2.75) is 12.5 Å². The second kappa shape index (κ2) is 6.90. The SMILES string of the molecule is O=C(C[C@H](Nc1ccccc1Cl)C(=O)[O-])c1ccccc1. The van der Waals surface area contributed by atoms with Crippen molar-refractivity contribution in [3.63, 3.8) is 0 Å². The number of hydrogen-bond acceptors (Lipinski definition) is 4. The fourth-order valence-corrected chi connectivity index (χ4v) is 2.08. The number of carboxylic acid groups (broad SMARTS) is 1. The molecule has 0 aliphatic carbocycles. The zero-order valence-corrected chi connectivity index (χ0v) is 11.8. The van der Waals surface area contributed by atoms with Crippen LogP contribution in [0.3, 0.4) is 0 Å². The van der Waals surface area contributed by atoms with Crippen LogP contribution in [0.25, 0.3) is 0 Å². The normalized spacial score (nSPS) is 11.7. The molecule has 0 saturated heterocycles. The number of carbonyl (C=O) groups is 2. The quantitative estimate of drug-likeness (QED) is 0.830. The molecule has 2 aromatic rings. The minimum atomic E-state index is -1.35. The van der Waals surface area contributed by atoms with Crippen LogP contribution in [-0.4, -0.2) is 17.8 Å². The molecule has 0 bridgehead atoms. The van der Waals surface area contributed by atoms with E-state index in [0.717, 1.165) is 0 Å². The third kappa shape index (κ3) is 4.07. The van der Waals surface area contributed by atoms with Crippen LogP contribution in [0.1, 0.15) is 16.8 Å². The van der Waals surface area contributed by atoms with E-state index in [9.17, 15) is 14.7 Å². The highest BCUT2D eigenvalue weighted by molar-refractivity contribution is 6.33. The van der Waals surface area contributed by atoms with Gasteiger partial charge in [0.15, 0.2) is 5.78 Å². The molecule has 0 fully saturated rings. The second-order valence-corrected chi connectivity index (χ2v) is 4.90. The summed E-state index contributed by atoms with van der Waals surface area (Å²) in [7, 11) is 0. The molecule has 2 aromatic carbocycles. The van der Waals surface area contributed by atoms with Gasteiger partial charge in [-0.05, 0) is 12.1 Å². The number of aliphatic carboxylic acids is 1. The van der Waals surface area contributed by atoms with Gasteiger partial charge in [0.05, 0.1) is 22.7 Å². The fourth-order valence-electron chi connectivity index (χ4n) is 1.89. The summed E-state index contributed by atoms with van der Waals surface area (Å²) in [6.45, 7) is 0. The number of carbonyl (C=O) groups excluding carboxylic acids is 2. The summed E-state index contributed by atoms with van der Waals surface area (Å²) in [5.41, 5.74) is 0.916. The number of rotatable bonds is 6. The number of anilines is 1. The first-order valence-electron chi connectivity index (χ1n) is 6.38. The van der Waals surface area contributed by atoms with Crippen LogP contribution >= 0.6 is 11.6 Å². The molecule has 21 heavy (non-hydrogen) atoms. The zero-order chi connectivity index (χ0) is 15.2. The highest BCUT2D eigenvalue weighted by Crippen LogP contribution is 2.22. The monoisotopic (exact) mass is 302 g/mol. The van der Waals surface area contributed by atoms with Crippen LogP contribution in [-0.2, 0) is 4.79 Å². The topological polar surface area (TPSA) is 69.2 Å². The molecule has 2 rings (SSSR count). The first-order valence-corrected chi connectivity index (χ1v) is 6.76. The predicted molar refractivity (Wildman–Crippen MR) is 79.3 cm³/mol. The number of hydrogen-bond donors (Lipinski definition) is 1. The van der Waals surface area contributed by atoms with E-state index >= 15 is 0 Å². The number of para-hydroxylation sites is 1. The molecule has 0 radical (unpaired) electrons. The maximum absolute atomic E-state index is 12.1. The number of ketones is 1. The molecular weight excluding hydrogens is 290 g/mol. The van der Waals surface area contributed by atoms with Crippen molar-refractivity contribution in [3.05, 3.63) is 65.2 Å². The largest absolute Gasteiger partial charge is 0.548 e. The van der Waals surface area contributed by atoms with E-state index in [1.165, 1.54) is 0 Å². The van der Waals surface area contributed by atoms with E-state index < -0.39 is 12.0 Å².